The van der Waals surface area contributed by atoms with E-state index in [0.29, 0.717) is 6.54 Å². The number of aliphatic imine (C=N–C) groups is 1. The zero-order chi connectivity index (χ0) is 26.5. The predicted octanol–water partition coefficient (Wildman–Crippen LogP) is 5.13. The van der Waals surface area contributed by atoms with Gasteiger partial charge in [0, 0.05) is 20.0 Å². The van der Waals surface area contributed by atoms with Gasteiger partial charge in [-0.3, -0.25) is 16.3 Å². The van der Waals surface area contributed by atoms with E-state index in [2.05, 4.69) is 101 Å². The second-order valence-electron chi connectivity index (χ2n) is 9.15. The van der Waals surface area contributed by atoms with E-state index in [1.165, 1.54) is 11.1 Å². The van der Waals surface area contributed by atoms with Gasteiger partial charge in [0.2, 0.25) is 0 Å². The second kappa shape index (κ2) is 15.0. The van der Waals surface area contributed by atoms with Crippen LogP contribution in [0.15, 0.2) is 89.0 Å². The van der Waals surface area contributed by atoms with Crippen molar-refractivity contribution < 1.29 is 0 Å². The number of rotatable bonds is 14. The van der Waals surface area contributed by atoms with Crippen molar-refractivity contribution in [2.45, 2.75) is 45.3 Å². The number of nitrogens with zero attached hydrogens (tertiary/aromatic N) is 4. The highest BCUT2D eigenvalue weighted by Gasteiger charge is 2.18. The minimum Gasteiger partial charge on any atom is -0.291 e. The van der Waals surface area contributed by atoms with E-state index in [9.17, 15) is 0 Å². The predicted molar refractivity (Wildman–Crippen MR) is 156 cm³/mol. The quantitative estimate of drug-likeness (QED) is 0.0942. The van der Waals surface area contributed by atoms with Crippen LogP contribution in [0, 0.1) is 0 Å². The lowest BCUT2D eigenvalue weighted by molar-refractivity contribution is 0.195. The Hall–Kier alpha value is -3.36. The largest absolute Gasteiger partial charge is 0.291 e. The summed E-state index contributed by atoms with van der Waals surface area (Å²) in [7, 11) is 3.70. The molecule has 0 radical (unpaired) electrons. The molecule has 7 nitrogen and oxygen atoms in total. The van der Waals surface area contributed by atoms with Gasteiger partial charge in [-0.25, -0.2) is 15.4 Å². The number of nitrogens with one attached hydrogen (secondary N) is 2. The number of hydrogen-bond acceptors (Lipinski definition) is 6. The van der Waals surface area contributed by atoms with Crippen LogP contribution < -0.4 is 16.7 Å². The molecule has 0 heterocycles. The number of hydrazine groups is 2. The maximum atomic E-state index is 6.13. The summed E-state index contributed by atoms with van der Waals surface area (Å²) < 4.78 is 0. The first kappa shape index (κ1) is 28.2. The van der Waals surface area contributed by atoms with Gasteiger partial charge < -0.3 is 0 Å². The van der Waals surface area contributed by atoms with Crippen molar-refractivity contribution in [2.75, 3.05) is 20.6 Å². The monoisotopic (exact) mass is 499 g/mol. The van der Waals surface area contributed by atoms with Crippen molar-refractivity contribution in [3.63, 3.8) is 0 Å². The van der Waals surface area contributed by atoms with Gasteiger partial charge in [-0.05, 0) is 54.4 Å². The molecule has 0 amide bonds. The second-order valence-corrected chi connectivity index (χ2v) is 9.15. The third kappa shape index (κ3) is 8.61. The van der Waals surface area contributed by atoms with E-state index in [4.69, 9.17) is 10.9 Å². The highest BCUT2D eigenvalue weighted by molar-refractivity contribution is 5.85. The van der Waals surface area contributed by atoms with Crippen molar-refractivity contribution in [1.82, 2.24) is 20.9 Å². The summed E-state index contributed by atoms with van der Waals surface area (Å²) in [6.45, 7) is 7.44. The Labute approximate surface area is 222 Å². The maximum Gasteiger partial charge on any atom is 0.147 e. The molecular formula is C30H41N7. The highest BCUT2D eigenvalue weighted by Crippen LogP contribution is 2.29. The average Bonchev–Trinajstić information content (AvgIpc) is 2.93. The molecule has 0 spiro atoms. The molecule has 4 N–H and O–H groups in total. The van der Waals surface area contributed by atoms with Crippen molar-refractivity contribution >= 4 is 12.6 Å². The molecular weight excluding hydrogens is 458 g/mol. The van der Waals surface area contributed by atoms with Crippen LogP contribution in [-0.2, 0) is 13.0 Å². The van der Waals surface area contributed by atoms with E-state index in [0.717, 1.165) is 54.8 Å². The molecule has 0 aromatic heterocycles. The first-order valence-electron chi connectivity index (χ1n) is 13.0. The van der Waals surface area contributed by atoms with Gasteiger partial charge in [-0.1, -0.05) is 92.2 Å². The summed E-state index contributed by atoms with van der Waals surface area (Å²) in [6, 6.07) is 27.5. The molecule has 0 saturated heterocycles. The van der Waals surface area contributed by atoms with E-state index in [1.807, 2.05) is 26.2 Å². The van der Waals surface area contributed by atoms with Crippen molar-refractivity contribution in [3.05, 3.63) is 95.6 Å². The fourth-order valence-corrected chi connectivity index (χ4v) is 4.26. The fourth-order valence-electron chi connectivity index (χ4n) is 4.26. The smallest absolute Gasteiger partial charge is 0.147 e. The Morgan fingerprint density at radius 3 is 2.32 bits per heavy atom. The Morgan fingerprint density at radius 1 is 0.973 bits per heavy atom. The zero-order valence-corrected chi connectivity index (χ0v) is 22.4. The number of hydrazone groups is 1. The normalized spacial score (nSPS) is 12.5. The SMILES string of the molecule is C=N/C(CCCC)=N\N(CCc1ccccc1)Cc1ccc(-c2ccccc2C(NNC)N(C)N)cc1. The minimum absolute atomic E-state index is 0.170. The Balaban J connectivity index is 1.82. The summed E-state index contributed by atoms with van der Waals surface area (Å²) in [5.74, 6) is 6.93. The topological polar surface area (TPSA) is 81.3 Å². The lowest BCUT2D eigenvalue weighted by Crippen LogP contribution is -2.45. The summed E-state index contributed by atoms with van der Waals surface area (Å²) in [6.07, 6.45) is 3.75. The Kier molecular flexibility index (Phi) is 11.5. The van der Waals surface area contributed by atoms with E-state index >= 15 is 0 Å². The maximum absolute atomic E-state index is 6.13. The van der Waals surface area contributed by atoms with Crippen LogP contribution in [0.25, 0.3) is 11.1 Å². The summed E-state index contributed by atoms with van der Waals surface area (Å²) in [5, 5.41) is 8.67. The van der Waals surface area contributed by atoms with E-state index in [1.54, 1.807) is 5.01 Å². The molecule has 3 aromatic rings. The molecule has 0 saturated carbocycles. The lowest BCUT2D eigenvalue weighted by atomic mass is 9.97. The molecule has 1 unspecified atom stereocenters. The number of nitrogens with two attached hydrogens (primary N) is 1. The molecule has 37 heavy (non-hydrogen) atoms. The van der Waals surface area contributed by atoms with Gasteiger partial charge in [0.1, 0.15) is 12.0 Å². The summed E-state index contributed by atoms with van der Waals surface area (Å²) >= 11 is 0. The molecule has 3 rings (SSSR count). The fraction of sp³-hybridized carbons (Fsp3) is 0.333. The molecule has 7 heteroatoms. The van der Waals surface area contributed by atoms with Gasteiger partial charge in [-0.15, -0.1) is 0 Å². The molecule has 0 fully saturated rings. The number of hydrogen-bond donors (Lipinski definition) is 3. The highest BCUT2D eigenvalue weighted by atomic mass is 15.5. The standard InChI is InChI=1S/C30H41N7/c1-5-6-16-29(32-2)35-37(22-21-24-12-8-7-9-13-24)23-25-17-19-26(20-18-25)27-14-10-11-15-28(27)30(34-33-3)36(4)31/h7-15,17-20,30,33-34H,2,5-6,16,21-23,31H2,1,3-4H3/b35-29-. The summed E-state index contributed by atoms with van der Waals surface area (Å²) in [4.78, 5) is 4.20. The minimum atomic E-state index is -0.170. The van der Waals surface area contributed by atoms with Gasteiger partial charge in [0.15, 0.2) is 0 Å². The van der Waals surface area contributed by atoms with Crippen LogP contribution in [0.4, 0.5) is 0 Å². The lowest BCUT2D eigenvalue weighted by Gasteiger charge is -2.27. The number of benzene rings is 3. The molecule has 3 aromatic carbocycles. The molecule has 0 aliphatic heterocycles. The third-order valence-corrected chi connectivity index (χ3v) is 6.27. The number of amidine groups is 1. The number of unbranched alkanes of at least 4 members (excludes halogenated alkanes) is 1. The Morgan fingerprint density at radius 2 is 1.68 bits per heavy atom. The third-order valence-electron chi connectivity index (χ3n) is 6.27. The molecule has 1 atom stereocenters. The zero-order valence-electron chi connectivity index (χ0n) is 22.4. The van der Waals surface area contributed by atoms with Crippen LogP contribution in [0.1, 0.15) is 49.0 Å². The van der Waals surface area contributed by atoms with E-state index < -0.39 is 0 Å². The van der Waals surface area contributed by atoms with Crippen LogP contribution in [-0.4, -0.2) is 43.2 Å². The van der Waals surface area contributed by atoms with Gasteiger partial charge >= 0.3 is 0 Å². The van der Waals surface area contributed by atoms with Crippen LogP contribution in [0.5, 0.6) is 0 Å². The van der Waals surface area contributed by atoms with Gasteiger partial charge in [0.05, 0.1) is 6.54 Å². The van der Waals surface area contributed by atoms with Gasteiger partial charge in [-0.2, -0.15) is 5.10 Å². The first-order valence-corrected chi connectivity index (χ1v) is 13.0. The molecule has 196 valence electrons. The van der Waals surface area contributed by atoms with Gasteiger partial charge in [0.25, 0.3) is 0 Å². The summed E-state index contributed by atoms with van der Waals surface area (Å²) in [5.41, 5.74) is 12.1. The van der Waals surface area contributed by atoms with Crippen molar-refractivity contribution in [3.8, 4) is 11.1 Å². The molecule has 0 bridgehead atoms. The average molecular weight is 500 g/mol. The first-order chi connectivity index (χ1) is 18.0. The van der Waals surface area contributed by atoms with Crippen molar-refractivity contribution in [1.29, 1.82) is 0 Å². The Bertz CT molecular complexity index is 1110. The van der Waals surface area contributed by atoms with Crippen molar-refractivity contribution in [2.24, 2.45) is 15.9 Å². The van der Waals surface area contributed by atoms with E-state index in [-0.39, 0.29) is 6.17 Å². The molecule has 0 aliphatic rings. The van der Waals surface area contributed by atoms with Crippen LogP contribution >= 0.6 is 0 Å². The molecule has 0 aliphatic carbocycles. The van der Waals surface area contributed by atoms with Crippen LogP contribution in [0.3, 0.4) is 0 Å². The van der Waals surface area contributed by atoms with Crippen LogP contribution in [0.2, 0.25) is 0 Å².